The van der Waals surface area contributed by atoms with Crippen LogP contribution in [0, 0.1) is 0 Å². The summed E-state index contributed by atoms with van der Waals surface area (Å²) in [7, 11) is -4.59. The second-order valence-electron chi connectivity index (χ2n) is 2.88. The Labute approximate surface area is 75.7 Å². The van der Waals surface area contributed by atoms with Gasteiger partial charge in [0, 0.05) is 13.0 Å². The number of nitrogens with zero attached hydrogens (tertiary/aromatic N) is 1. The Kier molecular flexibility index (Phi) is 3.44. The molecule has 76 valence electrons. The molecule has 0 aromatic carbocycles. The maximum Gasteiger partial charge on any atom is 0.491 e. The summed E-state index contributed by atoms with van der Waals surface area (Å²) in [6.45, 7) is 0.254. The highest BCUT2D eigenvalue weighted by atomic mass is 31.2. The largest absolute Gasteiger partial charge is 0.491 e. The zero-order chi connectivity index (χ0) is 9.90. The van der Waals surface area contributed by atoms with E-state index in [9.17, 15) is 9.36 Å². The molecule has 0 spiro atoms. The molecular formula is C6H12NO5P. The van der Waals surface area contributed by atoms with Gasteiger partial charge in [0.1, 0.15) is 0 Å². The number of carbonyl (C=O) groups is 1. The van der Waals surface area contributed by atoms with Gasteiger partial charge >= 0.3 is 7.82 Å². The zero-order valence-corrected chi connectivity index (χ0v) is 7.94. The molecule has 13 heavy (non-hydrogen) atoms. The third-order valence-electron chi connectivity index (χ3n) is 1.73. The lowest BCUT2D eigenvalue weighted by molar-refractivity contribution is -0.160. The first kappa shape index (κ1) is 10.7. The molecule has 1 amide bonds. The van der Waals surface area contributed by atoms with Crippen LogP contribution in [0.25, 0.3) is 0 Å². The fraction of sp³-hybridized carbons (Fsp3) is 0.833. The van der Waals surface area contributed by atoms with Crippen molar-refractivity contribution < 1.29 is 23.8 Å². The molecule has 7 heteroatoms. The number of amides is 1. The van der Waals surface area contributed by atoms with E-state index in [2.05, 4.69) is 4.62 Å². The highest BCUT2D eigenvalue weighted by molar-refractivity contribution is 7.46. The van der Waals surface area contributed by atoms with E-state index in [-0.39, 0.29) is 12.5 Å². The van der Waals surface area contributed by atoms with Crippen LogP contribution in [0.15, 0.2) is 0 Å². The summed E-state index contributed by atoms with van der Waals surface area (Å²) in [5.41, 5.74) is 0. The van der Waals surface area contributed by atoms with Crippen molar-refractivity contribution in [2.24, 2.45) is 0 Å². The molecule has 1 aliphatic rings. The Balaban J connectivity index is 2.55. The number of rotatable bonds is 2. The van der Waals surface area contributed by atoms with Crippen LogP contribution in [0.1, 0.15) is 25.7 Å². The Morgan fingerprint density at radius 3 is 2.62 bits per heavy atom. The maximum absolute atomic E-state index is 11.1. The molecule has 0 aliphatic carbocycles. The summed E-state index contributed by atoms with van der Waals surface area (Å²) in [5, 5.41) is 0.772. The van der Waals surface area contributed by atoms with Crippen molar-refractivity contribution in [2.75, 3.05) is 6.54 Å². The molecule has 1 saturated heterocycles. The van der Waals surface area contributed by atoms with Crippen molar-refractivity contribution in [1.29, 1.82) is 0 Å². The van der Waals surface area contributed by atoms with E-state index in [1.54, 1.807) is 0 Å². The van der Waals surface area contributed by atoms with Gasteiger partial charge in [0.15, 0.2) is 0 Å². The quantitative estimate of drug-likeness (QED) is 0.643. The van der Waals surface area contributed by atoms with E-state index in [1.165, 1.54) is 0 Å². The summed E-state index contributed by atoms with van der Waals surface area (Å²) in [6, 6.07) is 0. The average molecular weight is 209 g/mol. The standard InChI is InChI=1S/C6H12NO5P/c8-6-4-2-1-3-5-7(6)12-13(9,10)11/h1-5H2,(H2,9,10,11). The molecule has 0 radical (unpaired) electrons. The van der Waals surface area contributed by atoms with Crippen LogP contribution in [-0.4, -0.2) is 27.3 Å². The number of hydroxylamine groups is 2. The summed E-state index contributed by atoms with van der Waals surface area (Å²) >= 11 is 0. The predicted molar refractivity (Wildman–Crippen MR) is 43.3 cm³/mol. The van der Waals surface area contributed by atoms with Gasteiger partial charge in [0.2, 0.25) is 5.91 Å². The molecule has 0 atom stereocenters. The fourth-order valence-corrected chi connectivity index (χ4v) is 1.60. The lowest BCUT2D eigenvalue weighted by Crippen LogP contribution is -2.29. The molecule has 1 heterocycles. The highest BCUT2D eigenvalue weighted by Crippen LogP contribution is 2.37. The highest BCUT2D eigenvalue weighted by Gasteiger charge is 2.25. The van der Waals surface area contributed by atoms with Gasteiger partial charge < -0.3 is 9.79 Å². The van der Waals surface area contributed by atoms with E-state index in [4.69, 9.17) is 9.79 Å². The molecule has 2 N–H and O–H groups in total. The zero-order valence-electron chi connectivity index (χ0n) is 7.05. The van der Waals surface area contributed by atoms with E-state index >= 15 is 0 Å². The normalized spacial score (nSPS) is 20.2. The first-order chi connectivity index (χ1) is 5.99. The minimum Gasteiger partial charge on any atom is -0.301 e. The van der Waals surface area contributed by atoms with Crippen LogP contribution in [0.5, 0.6) is 0 Å². The monoisotopic (exact) mass is 209 g/mol. The van der Waals surface area contributed by atoms with Crippen molar-refractivity contribution in [3.63, 3.8) is 0 Å². The Morgan fingerprint density at radius 1 is 1.31 bits per heavy atom. The third kappa shape index (κ3) is 3.87. The van der Waals surface area contributed by atoms with Crippen molar-refractivity contribution >= 4 is 13.7 Å². The van der Waals surface area contributed by atoms with Gasteiger partial charge in [0.25, 0.3) is 0 Å². The Hall–Kier alpha value is -0.420. The SMILES string of the molecule is O=C1CCCCCN1OP(=O)(O)O. The molecule has 1 rings (SSSR count). The number of carbonyl (C=O) groups excluding carboxylic acids is 1. The molecule has 1 aliphatic heterocycles. The maximum atomic E-state index is 11.1. The molecule has 1 fully saturated rings. The molecule has 0 aromatic rings. The molecular weight excluding hydrogens is 197 g/mol. The minimum atomic E-state index is -4.59. The smallest absolute Gasteiger partial charge is 0.301 e. The van der Waals surface area contributed by atoms with Gasteiger partial charge in [-0.05, 0) is 12.8 Å². The second-order valence-corrected chi connectivity index (χ2v) is 4.02. The van der Waals surface area contributed by atoms with E-state index < -0.39 is 7.82 Å². The van der Waals surface area contributed by atoms with Crippen LogP contribution >= 0.6 is 7.82 Å². The topological polar surface area (TPSA) is 87.1 Å². The molecule has 0 unspecified atom stereocenters. The predicted octanol–water partition coefficient (Wildman–Crippen LogP) is 0.413. The van der Waals surface area contributed by atoms with Crippen molar-refractivity contribution in [3.05, 3.63) is 0 Å². The molecule has 0 bridgehead atoms. The number of hydrogen-bond acceptors (Lipinski definition) is 3. The summed E-state index contributed by atoms with van der Waals surface area (Å²) in [6.07, 6.45) is 2.64. The third-order valence-corrected chi connectivity index (χ3v) is 2.14. The van der Waals surface area contributed by atoms with E-state index in [0.717, 1.165) is 17.9 Å². The van der Waals surface area contributed by atoms with Crippen molar-refractivity contribution in [1.82, 2.24) is 5.06 Å². The number of phosphoric acid groups is 1. The minimum absolute atomic E-state index is 0.254. The van der Waals surface area contributed by atoms with Gasteiger partial charge in [0.05, 0.1) is 0 Å². The van der Waals surface area contributed by atoms with Crippen molar-refractivity contribution in [3.8, 4) is 0 Å². The molecule has 6 nitrogen and oxygen atoms in total. The number of hydrogen-bond donors (Lipinski definition) is 2. The van der Waals surface area contributed by atoms with Gasteiger partial charge in [-0.1, -0.05) is 6.42 Å². The first-order valence-corrected chi connectivity index (χ1v) is 5.58. The van der Waals surface area contributed by atoms with Gasteiger partial charge in [-0.15, -0.1) is 0 Å². The van der Waals surface area contributed by atoms with Crippen LogP contribution in [0.4, 0.5) is 0 Å². The Morgan fingerprint density at radius 2 is 2.00 bits per heavy atom. The van der Waals surface area contributed by atoms with E-state index in [0.29, 0.717) is 12.8 Å². The van der Waals surface area contributed by atoms with Gasteiger partial charge in [-0.2, -0.15) is 4.62 Å². The first-order valence-electron chi connectivity index (χ1n) is 4.05. The summed E-state index contributed by atoms with van der Waals surface area (Å²) < 4.78 is 14.7. The molecule has 0 saturated carbocycles. The van der Waals surface area contributed by atoms with Crippen LogP contribution in [0.2, 0.25) is 0 Å². The fourth-order valence-electron chi connectivity index (χ4n) is 1.17. The van der Waals surface area contributed by atoms with Crippen molar-refractivity contribution in [2.45, 2.75) is 25.7 Å². The van der Waals surface area contributed by atoms with Crippen LogP contribution < -0.4 is 0 Å². The summed E-state index contributed by atoms with van der Waals surface area (Å²) in [4.78, 5) is 28.1. The van der Waals surface area contributed by atoms with Crippen LogP contribution in [0.3, 0.4) is 0 Å². The molecule has 0 aromatic heterocycles. The van der Waals surface area contributed by atoms with Gasteiger partial charge in [-0.25, -0.2) is 9.63 Å². The summed E-state index contributed by atoms with van der Waals surface area (Å²) in [5.74, 6) is -0.360. The Bertz CT molecular complexity index is 237. The lowest BCUT2D eigenvalue weighted by atomic mass is 10.2. The lowest BCUT2D eigenvalue weighted by Gasteiger charge is -2.19. The van der Waals surface area contributed by atoms with Crippen LogP contribution in [-0.2, 0) is 14.0 Å². The van der Waals surface area contributed by atoms with E-state index in [1.807, 2.05) is 0 Å². The van der Waals surface area contributed by atoms with Gasteiger partial charge in [-0.3, -0.25) is 4.79 Å². The average Bonchev–Trinajstić information content (AvgIpc) is 2.14. The second kappa shape index (κ2) is 4.19.